The van der Waals surface area contributed by atoms with E-state index >= 15 is 0 Å². The molecular weight excluding hydrogens is 290 g/mol. The van der Waals surface area contributed by atoms with Crippen LogP contribution in [0.1, 0.15) is 12.8 Å². The first kappa shape index (κ1) is 11.9. The number of nitrogens with zero attached hydrogens (tertiary/aromatic N) is 3. The highest BCUT2D eigenvalue weighted by Crippen LogP contribution is 2.28. The summed E-state index contributed by atoms with van der Waals surface area (Å²) in [7, 11) is 0. The lowest BCUT2D eigenvalue weighted by molar-refractivity contribution is 0.447. The Morgan fingerprint density at radius 1 is 1.22 bits per heavy atom. The van der Waals surface area contributed by atoms with Crippen molar-refractivity contribution in [2.24, 2.45) is 5.92 Å². The van der Waals surface area contributed by atoms with Crippen molar-refractivity contribution in [3.63, 3.8) is 0 Å². The summed E-state index contributed by atoms with van der Waals surface area (Å²) in [5, 5.41) is 10.6. The summed E-state index contributed by atoms with van der Waals surface area (Å²) in [5.74, 6) is 0.822. The van der Waals surface area contributed by atoms with Crippen LogP contribution in [0.2, 0.25) is 0 Å². The number of hydrogen-bond acceptors (Lipinski definition) is 3. The van der Waals surface area contributed by atoms with Gasteiger partial charge in [-0.05, 0) is 24.8 Å². The van der Waals surface area contributed by atoms with Crippen LogP contribution >= 0.6 is 15.9 Å². The Kier molecular flexibility index (Phi) is 3.46. The van der Waals surface area contributed by atoms with Crippen molar-refractivity contribution < 1.29 is 0 Å². The van der Waals surface area contributed by atoms with E-state index in [0.717, 1.165) is 29.9 Å². The molecular formula is C14H16BrN3. The number of alkyl halides is 1. The maximum atomic E-state index is 4.18. The monoisotopic (exact) mass is 305 g/mol. The lowest BCUT2D eigenvalue weighted by atomic mass is 9.98. The highest BCUT2D eigenvalue weighted by Gasteiger charge is 2.20. The zero-order valence-electron chi connectivity index (χ0n) is 10.2. The number of anilines is 1. The number of piperidine rings is 1. The molecule has 94 valence electrons. The number of fused-ring (bicyclic) bond motifs is 1. The summed E-state index contributed by atoms with van der Waals surface area (Å²) in [5.41, 5.74) is 2.21. The second kappa shape index (κ2) is 5.22. The van der Waals surface area contributed by atoms with Gasteiger partial charge in [-0.25, -0.2) is 0 Å². The van der Waals surface area contributed by atoms with Crippen molar-refractivity contribution in [2.75, 3.05) is 23.3 Å². The summed E-state index contributed by atoms with van der Waals surface area (Å²) in [4.78, 5) is 2.44. The molecule has 1 aliphatic rings. The lowest BCUT2D eigenvalue weighted by Gasteiger charge is -2.33. The number of benzene rings is 1. The molecule has 0 N–H and O–H groups in total. The van der Waals surface area contributed by atoms with Gasteiger partial charge in [0.05, 0.1) is 17.4 Å². The minimum Gasteiger partial charge on any atom is -0.370 e. The molecule has 0 saturated carbocycles. The zero-order chi connectivity index (χ0) is 12.4. The van der Waals surface area contributed by atoms with Crippen molar-refractivity contribution in [3.05, 3.63) is 30.5 Å². The van der Waals surface area contributed by atoms with Gasteiger partial charge in [0.15, 0.2) is 0 Å². The maximum absolute atomic E-state index is 4.18. The molecule has 1 aromatic heterocycles. The Balaban J connectivity index is 1.91. The molecule has 0 atom stereocenters. The fourth-order valence-corrected chi connectivity index (χ4v) is 3.22. The molecule has 3 nitrogen and oxygen atoms in total. The van der Waals surface area contributed by atoms with Gasteiger partial charge in [0.1, 0.15) is 0 Å². The van der Waals surface area contributed by atoms with Gasteiger partial charge in [0, 0.05) is 23.8 Å². The van der Waals surface area contributed by atoms with E-state index in [4.69, 9.17) is 0 Å². The second-order valence-corrected chi connectivity index (χ2v) is 5.48. The van der Waals surface area contributed by atoms with Crippen LogP contribution in [-0.4, -0.2) is 28.6 Å². The quantitative estimate of drug-likeness (QED) is 0.798. The van der Waals surface area contributed by atoms with Gasteiger partial charge in [-0.2, -0.15) is 10.2 Å². The van der Waals surface area contributed by atoms with Crippen LogP contribution in [0.5, 0.6) is 0 Å². The Hall–Kier alpha value is -1.16. The van der Waals surface area contributed by atoms with Crippen molar-refractivity contribution >= 4 is 32.5 Å². The predicted molar refractivity (Wildman–Crippen MR) is 78.3 cm³/mol. The first-order valence-corrected chi connectivity index (χ1v) is 7.52. The Labute approximate surface area is 115 Å². The number of hydrogen-bond donors (Lipinski definition) is 0. The zero-order valence-corrected chi connectivity index (χ0v) is 11.8. The summed E-state index contributed by atoms with van der Waals surface area (Å²) in [6.07, 6.45) is 4.40. The van der Waals surface area contributed by atoms with Gasteiger partial charge < -0.3 is 4.90 Å². The van der Waals surface area contributed by atoms with Crippen LogP contribution in [0, 0.1) is 5.92 Å². The molecule has 1 fully saturated rings. The minimum absolute atomic E-state index is 0.822. The smallest absolute Gasteiger partial charge is 0.0950 e. The predicted octanol–water partition coefficient (Wildman–Crippen LogP) is 3.24. The van der Waals surface area contributed by atoms with Gasteiger partial charge in [0.2, 0.25) is 0 Å². The van der Waals surface area contributed by atoms with E-state index in [-0.39, 0.29) is 0 Å². The summed E-state index contributed by atoms with van der Waals surface area (Å²) < 4.78 is 0. The molecule has 0 unspecified atom stereocenters. The third kappa shape index (κ3) is 2.21. The van der Waals surface area contributed by atoms with E-state index in [2.05, 4.69) is 43.2 Å². The minimum atomic E-state index is 0.822. The fourth-order valence-electron chi connectivity index (χ4n) is 2.57. The van der Waals surface area contributed by atoms with Crippen LogP contribution in [0.25, 0.3) is 10.9 Å². The van der Waals surface area contributed by atoms with Gasteiger partial charge in [0.25, 0.3) is 0 Å². The third-order valence-corrected chi connectivity index (χ3v) is 4.61. The molecule has 18 heavy (non-hydrogen) atoms. The summed E-state index contributed by atoms with van der Waals surface area (Å²) >= 11 is 3.59. The van der Waals surface area contributed by atoms with Gasteiger partial charge in [-0.15, -0.1) is 0 Å². The number of aromatic nitrogens is 2. The Bertz CT molecular complexity index is 530. The molecule has 0 radical (unpaired) electrons. The molecule has 0 spiro atoms. The fraction of sp³-hybridized carbons (Fsp3) is 0.429. The molecule has 0 aliphatic carbocycles. The molecule has 2 aromatic rings. The Morgan fingerprint density at radius 2 is 2.00 bits per heavy atom. The van der Waals surface area contributed by atoms with Crippen LogP contribution in [0.4, 0.5) is 5.69 Å². The lowest BCUT2D eigenvalue weighted by Crippen LogP contribution is -2.34. The topological polar surface area (TPSA) is 29.0 Å². The van der Waals surface area contributed by atoms with Gasteiger partial charge in [-0.1, -0.05) is 34.1 Å². The number of rotatable bonds is 2. The number of halogens is 1. The van der Waals surface area contributed by atoms with Crippen LogP contribution in [0.3, 0.4) is 0 Å². The normalized spacial score (nSPS) is 17.3. The molecule has 4 heteroatoms. The third-order valence-electron chi connectivity index (χ3n) is 3.70. The molecule has 0 amide bonds. The van der Waals surface area contributed by atoms with Crippen LogP contribution < -0.4 is 4.90 Å². The molecule has 1 aromatic carbocycles. The molecule has 1 aliphatic heterocycles. The molecule has 0 bridgehead atoms. The van der Waals surface area contributed by atoms with E-state index in [1.807, 2.05) is 18.3 Å². The molecule has 3 rings (SSSR count). The largest absolute Gasteiger partial charge is 0.370 e. The van der Waals surface area contributed by atoms with Gasteiger partial charge >= 0.3 is 0 Å². The molecule has 1 saturated heterocycles. The van der Waals surface area contributed by atoms with E-state index < -0.39 is 0 Å². The van der Waals surface area contributed by atoms with Crippen molar-refractivity contribution in [2.45, 2.75) is 12.8 Å². The van der Waals surface area contributed by atoms with E-state index in [1.165, 1.54) is 23.9 Å². The van der Waals surface area contributed by atoms with Crippen LogP contribution in [0.15, 0.2) is 30.5 Å². The van der Waals surface area contributed by atoms with Crippen LogP contribution in [-0.2, 0) is 0 Å². The average molecular weight is 306 g/mol. The Morgan fingerprint density at radius 3 is 2.78 bits per heavy atom. The standard InChI is InChI=1S/C14H16BrN3/c15-9-11-5-7-18(8-6-11)14-10-16-17-13-4-2-1-3-12(13)14/h1-4,10-11H,5-9H2. The van der Waals surface area contributed by atoms with Gasteiger partial charge in [-0.3, -0.25) is 0 Å². The van der Waals surface area contributed by atoms with E-state index in [0.29, 0.717) is 0 Å². The van der Waals surface area contributed by atoms with Crippen molar-refractivity contribution in [1.29, 1.82) is 0 Å². The maximum Gasteiger partial charge on any atom is 0.0950 e. The second-order valence-electron chi connectivity index (χ2n) is 4.83. The van der Waals surface area contributed by atoms with Crippen molar-refractivity contribution in [1.82, 2.24) is 10.2 Å². The first-order valence-electron chi connectivity index (χ1n) is 6.40. The summed E-state index contributed by atoms with van der Waals surface area (Å²) in [6, 6.07) is 8.24. The highest BCUT2D eigenvalue weighted by atomic mass is 79.9. The SMILES string of the molecule is BrCC1CCN(c2cnnc3ccccc23)CC1. The summed E-state index contributed by atoms with van der Waals surface area (Å²) in [6.45, 7) is 2.23. The first-order chi connectivity index (χ1) is 8.88. The highest BCUT2D eigenvalue weighted by molar-refractivity contribution is 9.09. The van der Waals surface area contributed by atoms with Crippen molar-refractivity contribution in [3.8, 4) is 0 Å². The average Bonchev–Trinajstić information content (AvgIpc) is 2.47. The van der Waals surface area contributed by atoms with E-state index in [9.17, 15) is 0 Å². The molecule has 2 heterocycles. The van der Waals surface area contributed by atoms with E-state index in [1.54, 1.807) is 0 Å².